The number of aromatic nitrogens is 2. The van der Waals surface area contributed by atoms with Gasteiger partial charge in [0.25, 0.3) is 0 Å². The molecule has 2 aromatic heterocycles. The van der Waals surface area contributed by atoms with Gasteiger partial charge >= 0.3 is 0 Å². The van der Waals surface area contributed by atoms with Crippen LogP contribution in [0.15, 0.2) is 54.9 Å². The van der Waals surface area contributed by atoms with Crippen molar-refractivity contribution >= 4 is 75.5 Å². The molecule has 0 atom stereocenters. The van der Waals surface area contributed by atoms with Crippen LogP contribution in [0.5, 0.6) is 0 Å². The summed E-state index contributed by atoms with van der Waals surface area (Å²) in [5.41, 5.74) is 4.70. The molecule has 0 amide bonds. The fourth-order valence-corrected chi connectivity index (χ4v) is 6.79. The summed E-state index contributed by atoms with van der Waals surface area (Å²) in [5.74, 6) is 0. The molecule has 0 aliphatic heterocycles. The maximum Gasteiger partial charge on any atom is 0.197 e. The van der Waals surface area contributed by atoms with E-state index in [-0.39, 0.29) is 21.9 Å². The molecule has 0 radical (unpaired) electrons. The summed E-state index contributed by atoms with van der Waals surface area (Å²) in [6.45, 7) is 16.9. The van der Waals surface area contributed by atoms with E-state index < -0.39 is 0 Å². The Morgan fingerprint density at radius 1 is 0.556 bits per heavy atom. The first-order valence-electron chi connectivity index (χ1n) is 12.1. The Labute approximate surface area is 227 Å². The molecule has 0 aliphatic carbocycles. The van der Waals surface area contributed by atoms with E-state index in [1.807, 2.05) is 50.2 Å². The molecule has 0 saturated carbocycles. The van der Waals surface area contributed by atoms with E-state index in [2.05, 4.69) is 82.5 Å². The second-order valence-electron chi connectivity index (χ2n) is 11.8. The van der Waals surface area contributed by atoms with Crippen molar-refractivity contribution in [1.29, 1.82) is 0 Å². The molecular weight excluding hydrogens is 580 g/mol. The number of rotatable bonds is 0. The highest BCUT2D eigenvalue weighted by Gasteiger charge is 2.26. The van der Waals surface area contributed by atoms with Gasteiger partial charge in [0.1, 0.15) is 0 Å². The molecule has 5 rings (SSSR count). The maximum atomic E-state index is 14.0. The molecular formula is C30H30Br2N2O2. The Hall–Kier alpha value is -2.44. The lowest BCUT2D eigenvalue weighted by atomic mass is 9.97. The highest BCUT2D eigenvalue weighted by atomic mass is 79.9. The summed E-state index contributed by atoms with van der Waals surface area (Å²) in [6, 6.07) is 11.8. The molecule has 5 aromatic rings. The van der Waals surface area contributed by atoms with Gasteiger partial charge in [0.15, 0.2) is 10.9 Å². The van der Waals surface area contributed by atoms with E-state index in [0.717, 1.165) is 42.1 Å². The van der Waals surface area contributed by atoms with E-state index in [4.69, 9.17) is 0 Å². The number of hydrogen-bond acceptors (Lipinski definition) is 2. The lowest BCUT2D eigenvalue weighted by Crippen LogP contribution is -2.28. The third-order valence-corrected chi connectivity index (χ3v) is 7.81. The van der Waals surface area contributed by atoms with Crippen LogP contribution in [0.4, 0.5) is 0 Å². The lowest BCUT2D eigenvalue weighted by molar-refractivity contribution is 0.419. The molecule has 36 heavy (non-hydrogen) atoms. The monoisotopic (exact) mass is 608 g/mol. The highest BCUT2D eigenvalue weighted by molar-refractivity contribution is 9.10. The van der Waals surface area contributed by atoms with Crippen molar-refractivity contribution in [2.24, 2.45) is 0 Å². The number of halogens is 2. The molecule has 0 saturated heterocycles. The standard InChI is InChI=1S/C30H30Br2N2O2/c1-15-9-17(31)11-21-25(15)33(29(3,4)5)23-13-20-24(14-19(23)27(21)35)34(30(6,7)8)26-16(2)10-18(32)12-22(26)28(20)36/h9-14H,1-8H3. The SMILES string of the molecule is Cc1cc(Br)cc2c(=O)c3cc4c(cc3n(C(C)(C)C)c12)c(=O)c1cc(Br)cc(C)c1n4C(C)(C)C. The predicted octanol–water partition coefficient (Wildman–Crippen LogP) is 8.27. The normalized spacial score (nSPS) is 12.9. The zero-order valence-corrected chi connectivity index (χ0v) is 25.1. The predicted molar refractivity (Wildman–Crippen MR) is 160 cm³/mol. The van der Waals surface area contributed by atoms with Gasteiger partial charge in [0.2, 0.25) is 0 Å². The first-order chi connectivity index (χ1) is 16.6. The zero-order chi connectivity index (χ0) is 26.5. The molecule has 2 heterocycles. The van der Waals surface area contributed by atoms with Crippen LogP contribution >= 0.6 is 31.9 Å². The minimum absolute atomic E-state index is 0.0210. The van der Waals surface area contributed by atoms with Gasteiger partial charge in [-0.05, 0) is 103 Å². The van der Waals surface area contributed by atoms with E-state index in [1.165, 1.54) is 0 Å². The average Bonchev–Trinajstić information content (AvgIpc) is 2.73. The second kappa shape index (κ2) is 8.03. The summed E-state index contributed by atoms with van der Waals surface area (Å²) in [5, 5.41) is 2.59. The van der Waals surface area contributed by atoms with E-state index >= 15 is 0 Å². The van der Waals surface area contributed by atoms with Crippen molar-refractivity contribution in [3.8, 4) is 0 Å². The summed E-state index contributed by atoms with van der Waals surface area (Å²) in [6.07, 6.45) is 0. The van der Waals surface area contributed by atoms with Gasteiger partial charge in [-0.15, -0.1) is 0 Å². The molecule has 0 aliphatic rings. The minimum atomic E-state index is -0.323. The van der Waals surface area contributed by atoms with E-state index in [1.54, 1.807) is 0 Å². The first-order valence-corrected chi connectivity index (χ1v) is 13.7. The fraction of sp³-hybridized carbons (Fsp3) is 0.333. The molecule has 0 bridgehead atoms. The molecule has 3 aromatic carbocycles. The number of aryl methyl sites for hydroxylation is 2. The van der Waals surface area contributed by atoms with Crippen LogP contribution in [-0.4, -0.2) is 9.13 Å². The second-order valence-corrected chi connectivity index (χ2v) is 13.6. The molecule has 6 heteroatoms. The number of fused-ring (bicyclic) bond motifs is 4. The van der Waals surface area contributed by atoms with Crippen LogP contribution in [0.2, 0.25) is 0 Å². The topological polar surface area (TPSA) is 44.0 Å². The summed E-state index contributed by atoms with van der Waals surface area (Å²) in [7, 11) is 0. The zero-order valence-electron chi connectivity index (χ0n) is 21.9. The van der Waals surface area contributed by atoms with Gasteiger partial charge in [-0.3, -0.25) is 9.59 Å². The van der Waals surface area contributed by atoms with Gasteiger partial charge in [-0.25, -0.2) is 0 Å². The lowest BCUT2D eigenvalue weighted by Gasteiger charge is -2.31. The van der Waals surface area contributed by atoms with Crippen LogP contribution in [-0.2, 0) is 11.1 Å². The molecule has 0 unspecified atom stereocenters. The van der Waals surface area contributed by atoms with Gasteiger partial charge < -0.3 is 9.13 Å². The molecule has 186 valence electrons. The van der Waals surface area contributed by atoms with Gasteiger partial charge in [-0.2, -0.15) is 0 Å². The van der Waals surface area contributed by atoms with Crippen LogP contribution in [0.3, 0.4) is 0 Å². The largest absolute Gasteiger partial charge is 0.335 e. The first kappa shape index (κ1) is 25.2. The van der Waals surface area contributed by atoms with Crippen LogP contribution in [0.1, 0.15) is 52.7 Å². The van der Waals surface area contributed by atoms with Gasteiger partial charge in [0, 0.05) is 41.6 Å². The third kappa shape index (κ3) is 3.67. The number of nitrogens with zero attached hydrogens (tertiary/aromatic N) is 2. The highest BCUT2D eigenvalue weighted by Crippen LogP contribution is 2.35. The summed E-state index contributed by atoms with van der Waals surface area (Å²) >= 11 is 7.17. The number of hydrogen-bond donors (Lipinski definition) is 0. The van der Waals surface area contributed by atoms with E-state index in [9.17, 15) is 9.59 Å². The molecule has 0 N–H and O–H groups in total. The Morgan fingerprint density at radius 3 is 1.19 bits per heavy atom. The minimum Gasteiger partial charge on any atom is -0.335 e. The van der Waals surface area contributed by atoms with Crippen molar-refractivity contribution in [2.75, 3.05) is 0 Å². The quantitative estimate of drug-likeness (QED) is 0.166. The fourth-order valence-electron chi connectivity index (χ4n) is 5.65. The number of pyridine rings is 2. The van der Waals surface area contributed by atoms with Gasteiger partial charge in [0.05, 0.1) is 22.1 Å². The Morgan fingerprint density at radius 2 is 0.889 bits per heavy atom. The van der Waals surface area contributed by atoms with Crippen LogP contribution in [0.25, 0.3) is 43.6 Å². The Kier molecular flexibility index (Phi) is 5.62. The Balaban J connectivity index is 2.19. The summed E-state index contributed by atoms with van der Waals surface area (Å²) < 4.78 is 6.20. The Bertz CT molecular complexity index is 1740. The number of benzene rings is 3. The van der Waals surface area contributed by atoms with Crippen molar-refractivity contribution in [3.63, 3.8) is 0 Å². The maximum absolute atomic E-state index is 14.0. The van der Waals surface area contributed by atoms with Crippen molar-refractivity contribution in [2.45, 2.75) is 66.5 Å². The smallest absolute Gasteiger partial charge is 0.197 e. The third-order valence-electron chi connectivity index (χ3n) is 6.89. The molecule has 0 spiro atoms. The molecule has 0 fully saturated rings. The van der Waals surface area contributed by atoms with Crippen molar-refractivity contribution in [1.82, 2.24) is 9.13 Å². The van der Waals surface area contributed by atoms with E-state index in [0.29, 0.717) is 21.5 Å². The average molecular weight is 610 g/mol. The van der Waals surface area contributed by atoms with Crippen molar-refractivity contribution in [3.05, 3.63) is 76.9 Å². The molecule has 4 nitrogen and oxygen atoms in total. The van der Waals surface area contributed by atoms with Gasteiger partial charge in [-0.1, -0.05) is 31.9 Å². The van der Waals surface area contributed by atoms with Crippen LogP contribution < -0.4 is 10.9 Å². The van der Waals surface area contributed by atoms with Crippen LogP contribution in [0, 0.1) is 13.8 Å². The van der Waals surface area contributed by atoms with Crippen molar-refractivity contribution < 1.29 is 0 Å². The summed E-state index contributed by atoms with van der Waals surface area (Å²) in [4.78, 5) is 28.0.